The van der Waals surface area contributed by atoms with Crippen molar-refractivity contribution in [2.24, 2.45) is 5.73 Å². The summed E-state index contributed by atoms with van der Waals surface area (Å²) in [5.41, 5.74) is 4.96. The van der Waals surface area contributed by atoms with Gasteiger partial charge >= 0.3 is 6.03 Å². The van der Waals surface area contributed by atoms with Crippen LogP contribution in [0.1, 0.15) is 17.4 Å². The van der Waals surface area contributed by atoms with Gasteiger partial charge in [-0.05, 0) is 6.92 Å². The number of hydrogen-bond donors (Lipinski definition) is 3. The standard InChI is InChI=1S/C6H9N5O2S/c1-2-8-5(12)3-4(9-6(7)13)11-14-10-3/h2H2,1H3,(H,8,12)(H3,7,9,11,13). The Kier molecular flexibility index (Phi) is 3.35. The molecular weight excluding hydrogens is 206 g/mol. The average molecular weight is 215 g/mol. The van der Waals surface area contributed by atoms with Gasteiger partial charge in [0.05, 0.1) is 11.7 Å². The van der Waals surface area contributed by atoms with E-state index in [1.54, 1.807) is 6.92 Å². The fourth-order valence-electron chi connectivity index (χ4n) is 0.781. The summed E-state index contributed by atoms with van der Waals surface area (Å²) in [7, 11) is 0. The Bertz CT molecular complexity index is 350. The summed E-state index contributed by atoms with van der Waals surface area (Å²) in [6, 6.07) is -0.775. The van der Waals surface area contributed by atoms with Crippen molar-refractivity contribution in [2.75, 3.05) is 11.9 Å². The Morgan fingerprint density at radius 1 is 1.50 bits per heavy atom. The van der Waals surface area contributed by atoms with Gasteiger partial charge in [-0.3, -0.25) is 10.1 Å². The molecule has 76 valence electrons. The first-order valence-corrected chi connectivity index (χ1v) is 4.55. The molecule has 0 unspecified atom stereocenters. The first kappa shape index (κ1) is 10.4. The minimum absolute atomic E-state index is 0.0793. The van der Waals surface area contributed by atoms with Crippen molar-refractivity contribution in [2.45, 2.75) is 6.92 Å². The molecule has 1 aromatic heterocycles. The van der Waals surface area contributed by atoms with Gasteiger partial charge in [0.25, 0.3) is 5.91 Å². The molecule has 4 N–H and O–H groups in total. The maximum atomic E-state index is 11.3. The molecule has 8 heteroatoms. The third-order valence-electron chi connectivity index (χ3n) is 1.28. The summed E-state index contributed by atoms with van der Waals surface area (Å²) < 4.78 is 7.45. The number of nitrogens with two attached hydrogens (primary N) is 1. The van der Waals surface area contributed by atoms with Gasteiger partial charge in [0.2, 0.25) is 0 Å². The number of nitrogens with zero attached hydrogens (tertiary/aromatic N) is 2. The van der Waals surface area contributed by atoms with E-state index in [1.165, 1.54) is 0 Å². The molecule has 0 radical (unpaired) electrons. The summed E-state index contributed by atoms with van der Waals surface area (Å²) in [6.45, 7) is 2.26. The van der Waals surface area contributed by atoms with Crippen LogP contribution in [0, 0.1) is 0 Å². The monoisotopic (exact) mass is 215 g/mol. The molecule has 0 atom stereocenters. The summed E-state index contributed by atoms with van der Waals surface area (Å²) in [5.74, 6) is -0.293. The number of hydrogen-bond acceptors (Lipinski definition) is 5. The zero-order chi connectivity index (χ0) is 10.6. The molecule has 1 rings (SSSR count). The SMILES string of the molecule is CCNC(=O)c1nsnc1NC(N)=O. The van der Waals surface area contributed by atoms with Gasteiger partial charge in [-0.25, -0.2) is 4.79 Å². The van der Waals surface area contributed by atoms with E-state index in [1.807, 2.05) is 0 Å². The lowest BCUT2D eigenvalue weighted by Gasteiger charge is -2.00. The second kappa shape index (κ2) is 4.51. The number of carbonyl (C=O) groups excluding carboxylic acids is 2. The zero-order valence-corrected chi connectivity index (χ0v) is 8.22. The first-order valence-electron chi connectivity index (χ1n) is 3.82. The second-order valence-corrected chi connectivity index (χ2v) is 2.84. The Morgan fingerprint density at radius 3 is 2.79 bits per heavy atom. The molecule has 14 heavy (non-hydrogen) atoms. The number of aromatic nitrogens is 2. The number of carbonyl (C=O) groups is 2. The predicted molar refractivity (Wildman–Crippen MR) is 51.1 cm³/mol. The van der Waals surface area contributed by atoms with E-state index in [9.17, 15) is 9.59 Å². The van der Waals surface area contributed by atoms with Crippen molar-refractivity contribution < 1.29 is 9.59 Å². The van der Waals surface area contributed by atoms with Crippen LogP contribution in [-0.4, -0.2) is 27.2 Å². The van der Waals surface area contributed by atoms with E-state index in [4.69, 9.17) is 5.73 Å². The maximum absolute atomic E-state index is 11.3. The lowest BCUT2D eigenvalue weighted by molar-refractivity contribution is 0.0953. The highest BCUT2D eigenvalue weighted by Gasteiger charge is 2.16. The zero-order valence-electron chi connectivity index (χ0n) is 7.40. The van der Waals surface area contributed by atoms with Crippen LogP contribution in [0.3, 0.4) is 0 Å². The highest BCUT2D eigenvalue weighted by atomic mass is 32.1. The van der Waals surface area contributed by atoms with Gasteiger partial charge in [0.1, 0.15) is 0 Å². The third kappa shape index (κ3) is 2.39. The Hall–Kier alpha value is -1.70. The lowest BCUT2D eigenvalue weighted by Crippen LogP contribution is -2.26. The topological polar surface area (TPSA) is 110 Å². The average Bonchev–Trinajstić information content (AvgIpc) is 2.51. The van der Waals surface area contributed by atoms with Crippen molar-refractivity contribution in [3.8, 4) is 0 Å². The van der Waals surface area contributed by atoms with Crippen molar-refractivity contribution in [1.29, 1.82) is 0 Å². The number of urea groups is 1. The van der Waals surface area contributed by atoms with E-state index in [0.29, 0.717) is 6.54 Å². The first-order chi connectivity index (χ1) is 6.65. The third-order valence-corrected chi connectivity index (χ3v) is 1.81. The summed E-state index contributed by atoms with van der Waals surface area (Å²) in [5, 5.41) is 4.74. The molecule has 0 aliphatic carbocycles. The quantitative estimate of drug-likeness (QED) is 0.647. The molecule has 0 aromatic carbocycles. The van der Waals surface area contributed by atoms with Gasteiger partial charge in [-0.2, -0.15) is 8.75 Å². The lowest BCUT2D eigenvalue weighted by atomic mass is 10.4. The van der Waals surface area contributed by atoms with Gasteiger partial charge in [0, 0.05) is 6.54 Å². The summed E-state index contributed by atoms with van der Waals surface area (Å²) >= 11 is 0.831. The largest absolute Gasteiger partial charge is 0.351 e. The number of amides is 3. The number of nitrogens with one attached hydrogen (secondary N) is 2. The maximum Gasteiger partial charge on any atom is 0.317 e. The van der Waals surface area contributed by atoms with Crippen LogP contribution in [0.5, 0.6) is 0 Å². The van der Waals surface area contributed by atoms with Crippen LogP contribution < -0.4 is 16.4 Å². The molecule has 0 fully saturated rings. The molecule has 0 saturated heterocycles. The van der Waals surface area contributed by atoms with Crippen molar-refractivity contribution in [1.82, 2.24) is 14.1 Å². The Labute approximate surface area is 84.0 Å². The van der Waals surface area contributed by atoms with Crippen LogP contribution in [0.25, 0.3) is 0 Å². The molecule has 1 aromatic rings. The molecule has 0 bridgehead atoms. The van der Waals surface area contributed by atoms with Crippen LogP contribution in [0.15, 0.2) is 0 Å². The molecule has 0 aliphatic rings. The Balaban J connectivity index is 2.81. The second-order valence-electron chi connectivity index (χ2n) is 2.31. The van der Waals surface area contributed by atoms with Gasteiger partial charge < -0.3 is 11.1 Å². The smallest absolute Gasteiger partial charge is 0.317 e. The van der Waals surface area contributed by atoms with E-state index in [2.05, 4.69) is 19.4 Å². The van der Waals surface area contributed by atoms with Crippen LogP contribution in [-0.2, 0) is 0 Å². The van der Waals surface area contributed by atoms with Gasteiger partial charge in [-0.15, -0.1) is 0 Å². The van der Waals surface area contributed by atoms with Crippen molar-refractivity contribution in [3.05, 3.63) is 5.69 Å². The van der Waals surface area contributed by atoms with E-state index in [0.717, 1.165) is 11.7 Å². The molecule has 0 spiro atoms. The summed E-state index contributed by atoms with van der Waals surface area (Å²) in [4.78, 5) is 21.8. The number of primary amides is 1. The fraction of sp³-hybridized carbons (Fsp3) is 0.333. The highest BCUT2D eigenvalue weighted by Crippen LogP contribution is 2.11. The predicted octanol–water partition coefficient (Wildman–Crippen LogP) is -0.222. The van der Waals surface area contributed by atoms with Gasteiger partial charge in [0.15, 0.2) is 11.5 Å². The van der Waals surface area contributed by atoms with E-state index >= 15 is 0 Å². The highest BCUT2D eigenvalue weighted by molar-refractivity contribution is 6.99. The summed E-state index contributed by atoms with van der Waals surface area (Å²) in [6.07, 6.45) is 0. The Morgan fingerprint density at radius 2 is 2.21 bits per heavy atom. The molecule has 7 nitrogen and oxygen atoms in total. The van der Waals surface area contributed by atoms with E-state index < -0.39 is 6.03 Å². The van der Waals surface area contributed by atoms with Gasteiger partial charge in [-0.1, -0.05) is 0 Å². The molecule has 1 heterocycles. The molecule has 0 saturated carbocycles. The number of rotatable bonds is 3. The van der Waals surface area contributed by atoms with Crippen molar-refractivity contribution >= 4 is 29.5 Å². The van der Waals surface area contributed by atoms with E-state index in [-0.39, 0.29) is 17.4 Å². The molecule has 3 amide bonds. The van der Waals surface area contributed by atoms with Crippen LogP contribution in [0.4, 0.5) is 10.6 Å². The number of anilines is 1. The fourth-order valence-corrected chi connectivity index (χ4v) is 1.29. The minimum Gasteiger partial charge on any atom is -0.351 e. The van der Waals surface area contributed by atoms with Crippen LogP contribution in [0.2, 0.25) is 0 Å². The van der Waals surface area contributed by atoms with Crippen LogP contribution >= 0.6 is 11.7 Å². The molecular formula is C6H9N5O2S. The normalized spacial score (nSPS) is 9.50. The van der Waals surface area contributed by atoms with Crippen molar-refractivity contribution in [3.63, 3.8) is 0 Å². The molecule has 0 aliphatic heterocycles. The minimum atomic E-state index is -0.775.